The van der Waals surface area contributed by atoms with E-state index in [1.807, 2.05) is 36.4 Å². The Balaban J connectivity index is 2.34. The van der Waals surface area contributed by atoms with Gasteiger partial charge in [0.05, 0.1) is 10.0 Å². The van der Waals surface area contributed by atoms with E-state index in [4.69, 9.17) is 46.4 Å². The Kier molecular flexibility index (Phi) is 3.12. The fourth-order valence-corrected chi connectivity index (χ4v) is 4.68. The molecule has 5 aromatic carbocycles. The minimum absolute atomic E-state index is 0.537. The van der Waals surface area contributed by atoms with Gasteiger partial charge in [0.1, 0.15) is 0 Å². The predicted octanol–water partition coefficient (Wildman–Crippen LogP) is 8.35. The maximum atomic E-state index is 6.61. The van der Waals surface area contributed by atoms with Gasteiger partial charge in [-0.05, 0) is 39.7 Å². The van der Waals surface area contributed by atoms with Gasteiger partial charge in [-0.15, -0.1) is 0 Å². The number of fused-ring (bicyclic) bond motifs is 2. The summed E-state index contributed by atoms with van der Waals surface area (Å²) >= 11 is 26.2. The van der Waals surface area contributed by atoms with Crippen LogP contribution in [-0.4, -0.2) is 0 Å². The lowest BCUT2D eigenvalue weighted by Crippen LogP contribution is -1.90. The van der Waals surface area contributed by atoms with Gasteiger partial charge >= 0.3 is 0 Å². The Morgan fingerprint density at radius 2 is 1.17 bits per heavy atom. The SMILES string of the molecule is Clc1cc2ccc(Cl)c3c4c(Cl)ccc5cccc(c(c1Cl)c23)c54. The Labute approximate surface area is 157 Å². The molecule has 0 heterocycles. The van der Waals surface area contributed by atoms with Crippen LogP contribution in [0.5, 0.6) is 0 Å². The quantitative estimate of drug-likeness (QED) is 0.184. The van der Waals surface area contributed by atoms with Crippen LogP contribution in [0.15, 0.2) is 48.5 Å². The molecule has 0 aromatic heterocycles. The Morgan fingerprint density at radius 1 is 0.500 bits per heavy atom. The molecule has 0 bridgehead atoms. The summed E-state index contributed by atoms with van der Waals surface area (Å²) in [5.74, 6) is 0. The van der Waals surface area contributed by atoms with Crippen molar-refractivity contribution in [2.75, 3.05) is 0 Å². The highest BCUT2D eigenvalue weighted by molar-refractivity contribution is 6.53. The topological polar surface area (TPSA) is 0 Å². The predicted molar refractivity (Wildman–Crippen MR) is 108 cm³/mol. The summed E-state index contributed by atoms with van der Waals surface area (Å²) in [5.41, 5.74) is 0. The van der Waals surface area contributed by atoms with Gasteiger partial charge in [0.15, 0.2) is 0 Å². The Hall–Kier alpha value is -1.44. The fraction of sp³-hybridized carbons (Fsp3) is 0. The van der Waals surface area contributed by atoms with E-state index in [1.165, 1.54) is 0 Å². The highest BCUT2D eigenvalue weighted by Crippen LogP contribution is 2.48. The minimum atomic E-state index is 0.537. The van der Waals surface area contributed by atoms with Crippen LogP contribution in [-0.2, 0) is 0 Å². The fourth-order valence-electron chi connectivity index (χ4n) is 3.72. The van der Waals surface area contributed by atoms with Crippen molar-refractivity contribution in [3.8, 4) is 0 Å². The van der Waals surface area contributed by atoms with Gasteiger partial charge in [-0.3, -0.25) is 0 Å². The summed E-state index contributed by atoms with van der Waals surface area (Å²) in [5, 5.41) is 10.5. The minimum Gasteiger partial charge on any atom is -0.0836 e. The van der Waals surface area contributed by atoms with Gasteiger partial charge in [-0.2, -0.15) is 0 Å². The third-order valence-electron chi connectivity index (χ3n) is 4.66. The zero-order chi connectivity index (χ0) is 16.6. The molecule has 0 nitrogen and oxygen atoms in total. The van der Waals surface area contributed by atoms with E-state index < -0.39 is 0 Å². The molecule has 0 N–H and O–H groups in total. The zero-order valence-corrected chi connectivity index (χ0v) is 15.2. The molecule has 24 heavy (non-hydrogen) atoms. The molecule has 0 unspecified atom stereocenters. The van der Waals surface area contributed by atoms with Crippen LogP contribution < -0.4 is 0 Å². The van der Waals surface area contributed by atoms with Crippen LogP contribution in [0.4, 0.5) is 0 Å². The number of hydrogen-bond donors (Lipinski definition) is 0. The molecular formula is C20H8Cl4. The van der Waals surface area contributed by atoms with E-state index in [9.17, 15) is 0 Å². The van der Waals surface area contributed by atoms with E-state index in [0.717, 1.165) is 43.1 Å². The highest BCUT2D eigenvalue weighted by atomic mass is 35.5. The monoisotopic (exact) mass is 388 g/mol. The van der Waals surface area contributed by atoms with Crippen molar-refractivity contribution in [1.82, 2.24) is 0 Å². The standard InChI is InChI=1S/C20H8Cl4/c21-12-6-4-9-2-1-3-11-15(9)18(12)19-13(22)7-5-10-8-14(23)20(24)17(11)16(10)19/h1-8H. The first-order valence-electron chi connectivity index (χ1n) is 7.40. The van der Waals surface area contributed by atoms with Crippen molar-refractivity contribution in [1.29, 1.82) is 0 Å². The molecule has 0 aliphatic heterocycles. The van der Waals surface area contributed by atoms with Crippen LogP contribution in [0, 0.1) is 0 Å². The average molecular weight is 390 g/mol. The van der Waals surface area contributed by atoms with E-state index >= 15 is 0 Å². The second-order valence-corrected chi connectivity index (χ2v) is 7.49. The Bertz CT molecular complexity index is 1280. The number of benzene rings is 5. The molecule has 0 fully saturated rings. The van der Waals surface area contributed by atoms with Crippen molar-refractivity contribution in [2.45, 2.75) is 0 Å². The molecule has 116 valence electrons. The first-order valence-corrected chi connectivity index (χ1v) is 8.91. The van der Waals surface area contributed by atoms with Crippen LogP contribution in [0.25, 0.3) is 43.1 Å². The van der Waals surface area contributed by atoms with Crippen LogP contribution in [0.3, 0.4) is 0 Å². The van der Waals surface area contributed by atoms with Crippen molar-refractivity contribution < 1.29 is 0 Å². The lowest BCUT2D eigenvalue weighted by Gasteiger charge is -2.17. The van der Waals surface area contributed by atoms with Gasteiger partial charge in [-0.1, -0.05) is 76.7 Å². The molecule has 0 spiro atoms. The second kappa shape index (κ2) is 5.03. The molecule has 0 saturated carbocycles. The summed E-state index contributed by atoms with van der Waals surface area (Å²) in [4.78, 5) is 0. The second-order valence-electron chi connectivity index (χ2n) is 5.89. The molecule has 0 amide bonds. The molecule has 5 aromatic rings. The molecule has 0 radical (unpaired) electrons. The zero-order valence-electron chi connectivity index (χ0n) is 12.1. The molecule has 0 atom stereocenters. The van der Waals surface area contributed by atoms with Gasteiger partial charge in [-0.25, -0.2) is 0 Å². The van der Waals surface area contributed by atoms with E-state index in [2.05, 4.69) is 12.1 Å². The third kappa shape index (κ3) is 1.78. The van der Waals surface area contributed by atoms with Crippen molar-refractivity contribution in [3.63, 3.8) is 0 Å². The van der Waals surface area contributed by atoms with E-state index in [0.29, 0.717) is 20.1 Å². The first kappa shape index (κ1) is 14.9. The van der Waals surface area contributed by atoms with Crippen molar-refractivity contribution >= 4 is 89.5 Å². The van der Waals surface area contributed by atoms with Crippen LogP contribution >= 0.6 is 46.4 Å². The number of halogens is 4. The molecule has 0 aliphatic carbocycles. The van der Waals surface area contributed by atoms with Crippen molar-refractivity contribution in [2.24, 2.45) is 0 Å². The maximum absolute atomic E-state index is 6.61. The molecule has 4 heteroatoms. The summed E-state index contributed by atoms with van der Waals surface area (Å²) in [6, 6.07) is 15.8. The summed E-state index contributed by atoms with van der Waals surface area (Å²) in [7, 11) is 0. The van der Waals surface area contributed by atoms with Gasteiger partial charge < -0.3 is 0 Å². The summed E-state index contributed by atoms with van der Waals surface area (Å²) in [6.07, 6.45) is 0. The third-order valence-corrected chi connectivity index (χ3v) is 6.08. The molecule has 0 aliphatic rings. The smallest absolute Gasteiger partial charge is 0.0677 e. The van der Waals surface area contributed by atoms with Crippen LogP contribution in [0.1, 0.15) is 0 Å². The lowest BCUT2D eigenvalue weighted by atomic mass is 9.90. The van der Waals surface area contributed by atoms with Gasteiger partial charge in [0.25, 0.3) is 0 Å². The average Bonchev–Trinajstić information content (AvgIpc) is 2.58. The van der Waals surface area contributed by atoms with Gasteiger partial charge in [0.2, 0.25) is 0 Å². The van der Waals surface area contributed by atoms with E-state index in [1.54, 1.807) is 0 Å². The maximum Gasteiger partial charge on any atom is 0.0677 e. The largest absolute Gasteiger partial charge is 0.0836 e. The summed E-state index contributed by atoms with van der Waals surface area (Å²) < 4.78 is 0. The van der Waals surface area contributed by atoms with Crippen LogP contribution in [0.2, 0.25) is 20.1 Å². The normalized spacial score (nSPS) is 12.2. The Morgan fingerprint density at radius 3 is 1.92 bits per heavy atom. The lowest BCUT2D eigenvalue weighted by molar-refractivity contribution is 1.78. The number of rotatable bonds is 0. The first-order chi connectivity index (χ1) is 11.6. The van der Waals surface area contributed by atoms with Gasteiger partial charge in [0, 0.05) is 31.6 Å². The molecule has 5 rings (SSSR count). The highest BCUT2D eigenvalue weighted by Gasteiger charge is 2.20. The molecular weight excluding hydrogens is 382 g/mol. The number of hydrogen-bond acceptors (Lipinski definition) is 0. The van der Waals surface area contributed by atoms with E-state index in [-0.39, 0.29) is 0 Å². The van der Waals surface area contributed by atoms with Crippen molar-refractivity contribution in [3.05, 3.63) is 68.6 Å². The molecule has 0 saturated heterocycles. The summed E-state index contributed by atoms with van der Waals surface area (Å²) in [6.45, 7) is 0.